The number of hydrogen-bond acceptors (Lipinski definition) is 6. The molecule has 0 saturated carbocycles. The molecular weight excluding hydrogens is 284 g/mol. The molecule has 110 valence electrons. The van der Waals surface area contributed by atoms with E-state index in [0.29, 0.717) is 13.1 Å². The van der Waals surface area contributed by atoms with Gasteiger partial charge in [0.2, 0.25) is 11.0 Å². The third-order valence-electron chi connectivity index (χ3n) is 2.94. The van der Waals surface area contributed by atoms with Crippen LogP contribution in [0.5, 0.6) is 0 Å². The van der Waals surface area contributed by atoms with Gasteiger partial charge in [-0.25, -0.2) is 9.97 Å². The van der Waals surface area contributed by atoms with Crippen LogP contribution in [0, 0.1) is 10.1 Å². The summed E-state index contributed by atoms with van der Waals surface area (Å²) in [7, 11) is 0. The Bertz CT molecular complexity index is 532. The van der Waals surface area contributed by atoms with E-state index in [0.717, 1.165) is 0 Å². The van der Waals surface area contributed by atoms with Crippen molar-refractivity contribution in [2.45, 2.75) is 38.9 Å². The van der Waals surface area contributed by atoms with Crippen LogP contribution in [0.25, 0.3) is 0 Å². The second kappa shape index (κ2) is 4.82. The minimum atomic E-state index is -0.548. The van der Waals surface area contributed by atoms with E-state index in [1.165, 1.54) is 6.33 Å². The van der Waals surface area contributed by atoms with Crippen molar-refractivity contribution in [3.05, 3.63) is 21.6 Å². The highest BCUT2D eigenvalue weighted by molar-refractivity contribution is 6.31. The summed E-state index contributed by atoms with van der Waals surface area (Å²) < 4.78 is 5.96. The van der Waals surface area contributed by atoms with Gasteiger partial charge in [0.05, 0.1) is 16.1 Å². The molecule has 1 aromatic rings. The molecule has 0 N–H and O–H groups in total. The van der Waals surface area contributed by atoms with Crippen LogP contribution in [0.3, 0.4) is 0 Å². The third kappa shape index (κ3) is 2.99. The number of rotatable bonds is 2. The Morgan fingerprint density at radius 3 is 2.35 bits per heavy atom. The Kier molecular flexibility index (Phi) is 3.60. The van der Waals surface area contributed by atoms with Gasteiger partial charge in [0.15, 0.2) is 0 Å². The van der Waals surface area contributed by atoms with Crippen LogP contribution in [0.4, 0.5) is 11.5 Å². The molecule has 1 aromatic heterocycles. The average Bonchev–Trinajstić information content (AvgIpc) is 2.23. The number of halogens is 1. The maximum Gasteiger partial charge on any atom is 0.348 e. The van der Waals surface area contributed by atoms with E-state index in [2.05, 4.69) is 9.97 Å². The molecule has 0 atom stereocenters. The first-order valence-corrected chi connectivity index (χ1v) is 6.59. The standard InChI is InChI=1S/C12H17ClN4O3/c1-11(2)5-16(6-12(3,4)20-11)10-8(17(18)19)9(13)14-7-15-10/h7H,5-6H2,1-4H3. The van der Waals surface area contributed by atoms with Gasteiger partial charge in [-0.1, -0.05) is 11.6 Å². The molecule has 0 unspecified atom stereocenters. The molecule has 8 heteroatoms. The van der Waals surface area contributed by atoms with E-state index in [1.807, 2.05) is 32.6 Å². The van der Waals surface area contributed by atoms with E-state index >= 15 is 0 Å². The first-order valence-electron chi connectivity index (χ1n) is 6.21. The normalized spacial score (nSPS) is 20.8. The van der Waals surface area contributed by atoms with Crippen LogP contribution >= 0.6 is 11.6 Å². The van der Waals surface area contributed by atoms with E-state index < -0.39 is 16.1 Å². The van der Waals surface area contributed by atoms with Gasteiger partial charge in [0.1, 0.15) is 6.33 Å². The summed E-state index contributed by atoms with van der Waals surface area (Å²) in [5.41, 5.74) is -1.14. The van der Waals surface area contributed by atoms with Crippen LogP contribution in [0.2, 0.25) is 5.15 Å². The lowest BCUT2D eigenvalue weighted by atomic mass is 9.99. The number of nitrogens with zero attached hydrogens (tertiary/aromatic N) is 4. The molecule has 1 aliphatic heterocycles. The fourth-order valence-electron chi connectivity index (χ4n) is 2.67. The van der Waals surface area contributed by atoms with Crippen molar-refractivity contribution in [1.82, 2.24) is 9.97 Å². The number of ether oxygens (including phenoxy) is 1. The third-order valence-corrected chi connectivity index (χ3v) is 3.21. The van der Waals surface area contributed by atoms with Gasteiger partial charge in [-0.3, -0.25) is 10.1 Å². The van der Waals surface area contributed by atoms with Gasteiger partial charge in [-0.15, -0.1) is 0 Å². The van der Waals surface area contributed by atoms with Crippen LogP contribution in [-0.4, -0.2) is 39.2 Å². The van der Waals surface area contributed by atoms with Gasteiger partial charge in [-0.2, -0.15) is 0 Å². The lowest BCUT2D eigenvalue weighted by Crippen LogP contribution is -2.57. The lowest BCUT2D eigenvalue weighted by molar-refractivity contribution is -0.384. The topological polar surface area (TPSA) is 81.4 Å². The highest BCUT2D eigenvalue weighted by Gasteiger charge is 2.41. The van der Waals surface area contributed by atoms with Gasteiger partial charge < -0.3 is 9.64 Å². The maximum absolute atomic E-state index is 11.2. The molecule has 1 fully saturated rings. The zero-order valence-corrected chi connectivity index (χ0v) is 12.6. The first kappa shape index (κ1) is 14.9. The molecule has 0 aliphatic carbocycles. The molecule has 1 saturated heterocycles. The minimum Gasteiger partial charge on any atom is -0.366 e. The van der Waals surface area contributed by atoms with Crippen molar-refractivity contribution in [2.24, 2.45) is 0 Å². The number of anilines is 1. The average molecular weight is 301 g/mol. The molecule has 2 heterocycles. The molecule has 0 amide bonds. The fraction of sp³-hybridized carbons (Fsp3) is 0.667. The molecule has 2 rings (SSSR count). The molecule has 0 aromatic carbocycles. The Morgan fingerprint density at radius 1 is 1.30 bits per heavy atom. The summed E-state index contributed by atoms with van der Waals surface area (Å²) in [4.78, 5) is 20.2. The Labute approximate surface area is 122 Å². The molecule has 0 radical (unpaired) electrons. The predicted molar refractivity (Wildman–Crippen MR) is 75.2 cm³/mol. The smallest absolute Gasteiger partial charge is 0.348 e. The van der Waals surface area contributed by atoms with Crippen molar-refractivity contribution in [3.63, 3.8) is 0 Å². The Morgan fingerprint density at radius 2 is 1.85 bits per heavy atom. The van der Waals surface area contributed by atoms with Crippen LogP contribution in [-0.2, 0) is 4.74 Å². The van der Waals surface area contributed by atoms with E-state index in [-0.39, 0.29) is 16.7 Å². The maximum atomic E-state index is 11.2. The number of aromatic nitrogens is 2. The monoisotopic (exact) mass is 300 g/mol. The first-order chi connectivity index (χ1) is 9.11. The highest BCUT2D eigenvalue weighted by Crippen LogP contribution is 2.36. The van der Waals surface area contributed by atoms with E-state index in [1.54, 1.807) is 0 Å². The summed E-state index contributed by atoms with van der Waals surface area (Å²) in [6.07, 6.45) is 1.24. The van der Waals surface area contributed by atoms with E-state index in [4.69, 9.17) is 16.3 Å². The summed E-state index contributed by atoms with van der Waals surface area (Å²) in [6.45, 7) is 8.74. The summed E-state index contributed by atoms with van der Waals surface area (Å²) in [6, 6.07) is 0. The molecule has 1 aliphatic rings. The SMILES string of the molecule is CC1(C)CN(c2ncnc(Cl)c2[N+](=O)[O-])CC(C)(C)O1. The van der Waals surface area contributed by atoms with Crippen molar-refractivity contribution < 1.29 is 9.66 Å². The number of hydrogen-bond donors (Lipinski definition) is 0. The quantitative estimate of drug-likeness (QED) is 0.474. The van der Waals surface area contributed by atoms with Crippen molar-refractivity contribution in [1.29, 1.82) is 0 Å². The predicted octanol–water partition coefficient (Wildman–Crippen LogP) is 2.43. The summed E-state index contributed by atoms with van der Waals surface area (Å²) >= 11 is 5.84. The van der Waals surface area contributed by atoms with Gasteiger partial charge in [0.25, 0.3) is 0 Å². The highest BCUT2D eigenvalue weighted by atomic mass is 35.5. The van der Waals surface area contributed by atoms with Crippen molar-refractivity contribution in [3.8, 4) is 0 Å². The van der Waals surface area contributed by atoms with Crippen LogP contribution < -0.4 is 4.90 Å². The number of morpholine rings is 1. The Balaban J connectivity index is 2.46. The summed E-state index contributed by atoms with van der Waals surface area (Å²) in [5.74, 6) is 0.236. The molecule has 7 nitrogen and oxygen atoms in total. The zero-order chi connectivity index (χ0) is 15.1. The molecule has 0 bridgehead atoms. The van der Waals surface area contributed by atoms with Gasteiger partial charge in [0, 0.05) is 13.1 Å². The van der Waals surface area contributed by atoms with Crippen LogP contribution in [0.15, 0.2) is 6.33 Å². The van der Waals surface area contributed by atoms with Crippen LogP contribution in [0.1, 0.15) is 27.7 Å². The fourth-order valence-corrected chi connectivity index (χ4v) is 2.87. The molecular formula is C12H17ClN4O3. The van der Waals surface area contributed by atoms with Crippen molar-refractivity contribution >= 4 is 23.1 Å². The Hall–Kier alpha value is -1.47. The zero-order valence-electron chi connectivity index (χ0n) is 11.9. The summed E-state index contributed by atoms with van der Waals surface area (Å²) in [5, 5.41) is 11.0. The molecule has 20 heavy (non-hydrogen) atoms. The van der Waals surface area contributed by atoms with Gasteiger partial charge >= 0.3 is 5.69 Å². The molecule has 0 spiro atoms. The number of nitro groups is 1. The van der Waals surface area contributed by atoms with Crippen molar-refractivity contribution in [2.75, 3.05) is 18.0 Å². The largest absolute Gasteiger partial charge is 0.366 e. The van der Waals surface area contributed by atoms with E-state index in [9.17, 15) is 10.1 Å². The van der Waals surface area contributed by atoms with Gasteiger partial charge in [-0.05, 0) is 27.7 Å². The lowest BCUT2D eigenvalue weighted by Gasteiger charge is -2.47. The minimum absolute atomic E-state index is 0.151. The second-order valence-corrected chi connectivity index (χ2v) is 6.43. The second-order valence-electron chi connectivity index (χ2n) is 6.07.